The van der Waals surface area contributed by atoms with Gasteiger partial charge in [0.05, 0.1) is 4.91 Å². The van der Waals surface area contributed by atoms with Crippen molar-refractivity contribution < 1.29 is 9.59 Å². The molecule has 2 heterocycles. The lowest BCUT2D eigenvalue weighted by Crippen LogP contribution is -2.40. The van der Waals surface area contributed by atoms with E-state index in [2.05, 4.69) is 0 Å². The van der Waals surface area contributed by atoms with Gasteiger partial charge in [-0.15, -0.1) is 11.3 Å². The summed E-state index contributed by atoms with van der Waals surface area (Å²) >= 11 is 8.08. The van der Waals surface area contributed by atoms with Crippen molar-refractivity contribution in [2.45, 2.75) is 6.54 Å². The third kappa shape index (κ3) is 4.36. The summed E-state index contributed by atoms with van der Waals surface area (Å²) in [7, 11) is 1.73. The molecule has 7 heteroatoms. The molecule has 0 atom stereocenters. The van der Waals surface area contributed by atoms with Gasteiger partial charge in [-0.25, -0.2) is 0 Å². The first kappa shape index (κ1) is 17.8. The van der Waals surface area contributed by atoms with Crippen LogP contribution in [-0.4, -0.2) is 39.5 Å². The number of nitrogens with zero attached hydrogens (tertiary/aromatic N) is 2. The number of carbonyl (C=O) groups is 2. The molecule has 0 aliphatic carbocycles. The van der Waals surface area contributed by atoms with Crippen LogP contribution in [0.25, 0.3) is 6.08 Å². The van der Waals surface area contributed by atoms with E-state index in [1.807, 2.05) is 53.9 Å². The monoisotopic (exact) mass is 388 g/mol. The second kappa shape index (κ2) is 7.95. The minimum atomic E-state index is -0.204. The van der Waals surface area contributed by atoms with Gasteiger partial charge < -0.3 is 4.90 Å². The predicted molar refractivity (Wildman–Crippen MR) is 107 cm³/mol. The van der Waals surface area contributed by atoms with Crippen LogP contribution in [-0.2, 0) is 16.1 Å². The van der Waals surface area contributed by atoms with Gasteiger partial charge in [0.15, 0.2) is 0 Å². The highest BCUT2D eigenvalue weighted by molar-refractivity contribution is 8.26. The number of rotatable bonds is 5. The molecule has 0 radical (unpaired) electrons. The van der Waals surface area contributed by atoms with E-state index in [0.29, 0.717) is 15.8 Å². The molecule has 1 fully saturated rings. The van der Waals surface area contributed by atoms with Crippen LogP contribution in [0.1, 0.15) is 10.4 Å². The molecule has 1 saturated heterocycles. The average Bonchev–Trinajstić information content (AvgIpc) is 3.20. The molecule has 25 heavy (non-hydrogen) atoms. The molecule has 3 rings (SSSR count). The molecule has 0 bridgehead atoms. The van der Waals surface area contributed by atoms with Gasteiger partial charge in [-0.3, -0.25) is 14.5 Å². The van der Waals surface area contributed by atoms with Gasteiger partial charge in [-0.1, -0.05) is 60.4 Å². The van der Waals surface area contributed by atoms with E-state index in [4.69, 9.17) is 12.2 Å². The van der Waals surface area contributed by atoms with Gasteiger partial charge in [-0.2, -0.15) is 0 Å². The number of thiophene rings is 1. The molecule has 0 N–H and O–H groups in total. The summed E-state index contributed by atoms with van der Waals surface area (Å²) in [6.45, 7) is 0.468. The van der Waals surface area contributed by atoms with Crippen LogP contribution < -0.4 is 0 Å². The number of amides is 2. The summed E-state index contributed by atoms with van der Waals surface area (Å²) in [6.07, 6.45) is 1.82. The highest BCUT2D eigenvalue weighted by atomic mass is 32.2. The Balaban J connectivity index is 1.65. The minimum absolute atomic E-state index is 0.0320. The molecular weight excluding hydrogens is 372 g/mol. The quantitative estimate of drug-likeness (QED) is 0.580. The number of thioether (sulfide) groups is 1. The summed E-state index contributed by atoms with van der Waals surface area (Å²) in [6, 6.07) is 13.6. The summed E-state index contributed by atoms with van der Waals surface area (Å²) in [5.41, 5.74) is 1.04. The van der Waals surface area contributed by atoms with Gasteiger partial charge in [-0.05, 0) is 23.1 Å². The van der Waals surface area contributed by atoms with E-state index in [9.17, 15) is 9.59 Å². The van der Waals surface area contributed by atoms with Crippen molar-refractivity contribution in [2.75, 3.05) is 13.6 Å². The summed E-state index contributed by atoms with van der Waals surface area (Å²) in [4.78, 5) is 29.5. The van der Waals surface area contributed by atoms with Crippen LogP contribution in [0.15, 0.2) is 52.7 Å². The van der Waals surface area contributed by atoms with Crippen LogP contribution >= 0.6 is 35.3 Å². The minimum Gasteiger partial charge on any atom is -0.340 e. The van der Waals surface area contributed by atoms with Gasteiger partial charge in [0.25, 0.3) is 5.91 Å². The van der Waals surface area contributed by atoms with Gasteiger partial charge >= 0.3 is 0 Å². The predicted octanol–water partition coefficient (Wildman–Crippen LogP) is 3.61. The van der Waals surface area contributed by atoms with Crippen molar-refractivity contribution in [2.24, 2.45) is 0 Å². The standard InChI is InChI=1S/C18H16N2O2S3/c1-19(11-13-6-3-2-4-7-13)16(21)12-20-17(22)15(25-18(20)23)10-14-8-5-9-24-14/h2-10H,11-12H2,1H3. The molecule has 0 spiro atoms. The maximum Gasteiger partial charge on any atom is 0.266 e. The highest BCUT2D eigenvalue weighted by Crippen LogP contribution is 2.33. The van der Waals surface area contributed by atoms with Crippen molar-refractivity contribution in [3.05, 3.63) is 63.2 Å². The molecule has 0 unspecified atom stereocenters. The normalized spacial score (nSPS) is 15.9. The Bertz CT molecular complexity index is 816. The number of likely N-dealkylation sites (N-methyl/N-ethyl adjacent to an activating group) is 1. The van der Waals surface area contributed by atoms with Gasteiger partial charge in [0.2, 0.25) is 5.91 Å². The Morgan fingerprint density at radius 2 is 2.00 bits per heavy atom. The van der Waals surface area contributed by atoms with E-state index < -0.39 is 0 Å². The van der Waals surface area contributed by atoms with Crippen molar-refractivity contribution in [3.63, 3.8) is 0 Å². The second-order valence-corrected chi connectivity index (χ2v) is 8.17. The van der Waals surface area contributed by atoms with Crippen molar-refractivity contribution in [3.8, 4) is 0 Å². The first-order valence-corrected chi connectivity index (χ1v) is 9.72. The topological polar surface area (TPSA) is 40.6 Å². The van der Waals surface area contributed by atoms with E-state index in [1.165, 1.54) is 16.7 Å². The first-order chi connectivity index (χ1) is 12.0. The number of carbonyl (C=O) groups excluding carboxylic acids is 2. The largest absolute Gasteiger partial charge is 0.340 e. The lowest BCUT2D eigenvalue weighted by molar-refractivity contribution is -0.134. The van der Waals surface area contributed by atoms with Gasteiger partial charge in [0, 0.05) is 18.5 Å². The molecule has 2 aromatic rings. The number of hydrogen-bond acceptors (Lipinski definition) is 5. The maximum absolute atomic E-state index is 12.5. The first-order valence-electron chi connectivity index (χ1n) is 7.61. The molecule has 128 valence electrons. The van der Waals surface area contributed by atoms with Crippen LogP contribution in [0.4, 0.5) is 0 Å². The molecule has 4 nitrogen and oxygen atoms in total. The Kier molecular flexibility index (Phi) is 5.67. The Hall–Kier alpha value is -1.96. The SMILES string of the molecule is CN(Cc1ccccc1)C(=O)CN1C(=O)C(=Cc2cccs2)SC1=S. The second-order valence-electron chi connectivity index (χ2n) is 5.52. The fourth-order valence-electron chi connectivity index (χ4n) is 2.34. The molecule has 1 aliphatic heterocycles. The summed E-state index contributed by atoms with van der Waals surface area (Å²) < 4.78 is 0.425. The van der Waals surface area contributed by atoms with Gasteiger partial charge in [0.1, 0.15) is 10.9 Å². The third-order valence-electron chi connectivity index (χ3n) is 3.67. The van der Waals surface area contributed by atoms with Crippen molar-refractivity contribution in [1.29, 1.82) is 0 Å². The van der Waals surface area contributed by atoms with Crippen LogP contribution in [0, 0.1) is 0 Å². The number of benzene rings is 1. The van der Waals surface area contributed by atoms with E-state index >= 15 is 0 Å². The molecule has 1 aliphatic rings. The zero-order chi connectivity index (χ0) is 17.8. The lowest BCUT2D eigenvalue weighted by atomic mass is 10.2. The fraction of sp³-hybridized carbons (Fsp3) is 0.167. The maximum atomic E-state index is 12.5. The van der Waals surface area contributed by atoms with Crippen LogP contribution in [0.5, 0.6) is 0 Å². The molecule has 1 aromatic heterocycles. The fourth-order valence-corrected chi connectivity index (χ4v) is 4.32. The lowest BCUT2D eigenvalue weighted by Gasteiger charge is -2.21. The molecule has 2 amide bonds. The van der Waals surface area contributed by atoms with Crippen molar-refractivity contribution in [1.82, 2.24) is 9.80 Å². The smallest absolute Gasteiger partial charge is 0.266 e. The Morgan fingerprint density at radius 1 is 1.24 bits per heavy atom. The van der Waals surface area contributed by atoms with Crippen LogP contribution in [0.2, 0.25) is 0 Å². The van der Waals surface area contributed by atoms with E-state index in [-0.39, 0.29) is 18.4 Å². The zero-order valence-corrected chi connectivity index (χ0v) is 16.0. The van der Waals surface area contributed by atoms with Crippen molar-refractivity contribution >= 4 is 57.5 Å². The Morgan fingerprint density at radius 3 is 2.68 bits per heavy atom. The number of hydrogen-bond donors (Lipinski definition) is 0. The molecule has 1 aromatic carbocycles. The highest BCUT2D eigenvalue weighted by Gasteiger charge is 2.34. The van der Waals surface area contributed by atoms with E-state index in [1.54, 1.807) is 23.3 Å². The summed E-state index contributed by atoms with van der Waals surface area (Å²) in [5.74, 6) is -0.345. The Labute approximate surface area is 160 Å². The van der Waals surface area contributed by atoms with E-state index in [0.717, 1.165) is 10.4 Å². The molecule has 0 saturated carbocycles. The number of thiocarbonyl (C=S) groups is 1. The molecular formula is C18H16N2O2S3. The van der Waals surface area contributed by atoms with Crippen LogP contribution in [0.3, 0.4) is 0 Å². The zero-order valence-electron chi connectivity index (χ0n) is 13.5. The average molecular weight is 389 g/mol. The summed E-state index contributed by atoms with van der Waals surface area (Å²) in [5, 5.41) is 1.95. The third-order valence-corrected chi connectivity index (χ3v) is 5.87.